The summed E-state index contributed by atoms with van der Waals surface area (Å²) >= 11 is 29.4. The summed E-state index contributed by atoms with van der Waals surface area (Å²) < 4.78 is 17.7. The number of aromatic nitrogens is 4. The highest BCUT2D eigenvalue weighted by Gasteiger charge is 2.21. The van der Waals surface area contributed by atoms with Gasteiger partial charge in [-0.25, -0.2) is 18.7 Å². The lowest BCUT2D eigenvalue weighted by Crippen LogP contribution is -2.08. The van der Waals surface area contributed by atoms with Crippen LogP contribution in [0.1, 0.15) is 0 Å². The van der Waals surface area contributed by atoms with Crippen LogP contribution in [-0.4, -0.2) is 18.7 Å². The quantitative estimate of drug-likeness (QED) is 0.164. The van der Waals surface area contributed by atoms with Crippen molar-refractivity contribution in [1.82, 2.24) is 18.7 Å². The Kier molecular flexibility index (Phi) is 10.1. The van der Waals surface area contributed by atoms with Crippen LogP contribution >= 0.6 is 127 Å². The second kappa shape index (κ2) is 15.3. The van der Waals surface area contributed by atoms with Crippen LogP contribution in [0.5, 0.6) is 0 Å². The lowest BCUT2D eigenvalue weighted by molar-refractivity contribution is 0.774. The van der Waals surface area contributed by atoms with E-state index in [-0.39, 0.29) is 0 Å². The average Bonchev–Trinajstić information content (AvgIpc) is 3.90. The predicted octanol–water partition coefficient (Wildman–Crippen LogP) is 18.5. The Morgan fingerprint density at radius 3 is 0.417 bits per heavy atom. The fourth-order valence-electron chi connectivity index (χ4n) is 8.64. The normalized spacial score (nSPS) is 12.0. The van der Waals surface area contributed by atoms with E-state index < -0.39 is 0 Å². The third-order valence-corrected chi connectivity index (χ3v) is 15.0. The first kappa shape index (κ1) is 39.6. The molecular formula is C48H24Br8N4. The smallest absolute Gasteiger partial charge is 0.0727 e. The lowest BCUT2D eigenvalue weighted by atomic mass is 10.2. The van der Waals surface area contributed by atoms with Gasteiger partial charge < -0.3 is 0 Å². The molecule has 292 valence electrons. The van der Waals surface area contributed by atoms with Crippen molar-refractivity contribution in [1.29, 1.82) is 0 Å². The molecule has 0 aliphatic carbocycles. The van der Waals surface area contributed by atoms with Crippen molar-refractivity contribution in [3.63, 3.8) is 0 Å². The van der Waals surface area contributed by atoms with Crippen LogP contribution in [0, 0.1) is 0 Å². The SMILES string of the molecule is Brc1ccc2c3ccc(Br)cc3n(-n3c4cc(Br)ccc4c4ccc(Br)cc43)c2c1.Brc1ccc2c3ccc(Br)cc3n(-n3c4cc(Br)ccc4c4ccc(Br)cc43)c2c1. The second-order valence-corrected chi connectivity index (χ2v) is 21.9. The van der Waals surface area contributed by atoms with Gasteiger partial charge in [0.2, 0.25) is 0 Å². The molecule has 8 aromatic carbocycles. The van der Waals surface area contributed by atoms with Gasteiger partial charge in [0.05, 0.1) is 44.1 Å². The summed E-state index contributed by atoms with van der Waals surface area (Å²) in [6, 6.07) is 51.9. The molecule has 0 aliphatic rings. The Balaban J connectivity index is 0.000000136. The molecule has 0 spiro atoms. The summed E-state index contributed by atoms with van der Waals surface area (Å²) in [7, 11) is 0. The van der Waals surface area contributed by atoms with E-state index in [1.807, 2.05) is 0 Å². The Labute approximate surface area is 410 Å². The zero-order valence-corrected chi connectivity index (χ0v) is 43.4. The molecule has 0 amide bonds. The summed E-state index contributed by atoms with van der Waals surface area (Å²) in [6.07, 6.45) is 0. The fourth-order valence-corrected chi connectivity index (χ4v) is 11.4. The molecule has 4 nitrogen and oxygen atoms in total. The maximum atomic E-state index is 3.68. The van der Waals surface area contributed by atoms with Gasteiger partial charge in [-0.2, -0.15) is 0 Å². The first-order chi connectivity index (χ1) is 29.0. The van der Waals surface area contributed by atoms with E-state index in [9.17, 15) is 0 Å². The maximum Gasteiger partial charge on any atom is 0.0727 e. The largest absolute Gasteiger partial charge is 0.248 e. The van der Waals surface area contributed by atoms with E-state index in [4.69, 9.17) is 0 Å². The minimum Gasteiger partial charge on any atom is -0.248 e. The molecule has 0 unspecified atom stereocenters. The average molecular weight is 1300 g/mol. The van der Waals surface area contributed by atoms with Crippen LogP contribution in [0.25, 0.3) is 87.2 Å². The Morgan fingerprint density at radius 2 is 0.300 bits per heavy atom. The molecule has 0 aliphatic heterocycles. The summed E-state index contributed by atoms with van der Waals surface area (Å²) in [4.78, 5) is 0. The van der Waals surface area contributed by atoms with E-state index in [1.54, 1.807) is 0 Å². The predicted molar refractivity (Wildman–Crippen MR) is 281 cm³/mol. The molecule has 12 rings (SSSR count). The molecule has 0 radical (unpaired) electrons. The van der Waals surface area contributed by atoms with Gasteiger partial charge in [0, 0.05) is 78.9 Å². The van der Waals surface area contributed by atoms with Crippen LogP contribution in [0.4, 0.5) is 0 Å². The highest BCUT2D eigenvalue weighted by Crippen LogP contribution is 2.40. The van der Waals surface area contributed by atoms with E-state index >= 15 is 0 Å². The number of fused-ring (bicyclic) bond motifs is 12. The number of hydrogen-bond acceptors (Lipinski definition) is 0. The minimum absolute atomic E-state index is 1.06. The second-order valence-electron chi connectivity index (χ2n) is 14.5. The molecule has 0 N–H and O–H groups in total. The molecule has 0 fully saturated rings. The van der Waals surface area contributed by atoms with Crippen molar-refractivity contribution in [2.24, 2.45) is 0 Å². The number of rotatable bonds is 2. The van der Waals surface area contributed by atoms with Crippen molar-refractivity contribution in [2.45, 2.75) is 0 Å². The van der Waals surface area contributed by atoms with E-state index in [1.165, 1.54) is 43.1 Å². The third-order valence-electron chi connectivity index (χ3n) is 11.1. The van der Waals surface area contributed by atoms with Gasteiger partial charge in [-0.1, -0.05) is 176 Å². The zero-order valence-electron chi connectivity index (χ0n) is 30.7. The van der Waals surface area contributed by atoms with Crippen LogP contribution in [0.15, 0.2) is 181 Å². The number of benzene rings is 8. The first-order valence-corrected chi connectivity index (χ1v) is 24.9. The molecule has 0 saturated heterocycles. The Bertz CT molecular complexity index is 3050. The summed E-state index contributed by atoms with van der Waals surface area (Å²) in [5.74, 6) is 0. The van der Waals surface area contributed by atoms with Crippen molar-refractivity contribution in [2.75, 3.05) is 0 Å². The van der Waals surface area contributed by atoms with E-state index in [0.29, 0.717) is 0 Å². The van der Waals surface area contributed by atoms with Crippen LogP contribution in [-0.2, 0) is 0 Å². The van der Waals surface area contributed by atoms with Crippen molar-refractivity contribution in [3.8, 4) is 0 Å². The molecule has 4 heterocycles. The Morgan fingerprint density at radius 1 is 0.183 bits per heavy atom. The molecule has 12 heteroatoms. The van der Waals surface area contributed by atoms with Crippen LogP contribution in [0.3, 0.4) is 0 Å². The molecule has 0 saturated carbocycles. The van der Waals surface area contributed by atoms with Gasteiger partial charge in [0.25, 0.3) is 0 Å². The van der Waals surface area contributed by atoms with Crippen molar-refractivity contribution >= 4 is 215 Å². The number of nitrogens with zero attached hydrogens (tertiary/aromatic N) is 4. The van der Waals surface area contributed by atoms with Gasteiger partial charge in [0.15, 0.2) is 0 Å². The summed E-state index contributed by atoms with van der Waals surface area (Å²) in [5.41, 5.74) is 9.19. The van der Waals surface area contributed by atoms with Gasteiger partial charge in [0.1, 0.15) is 0 Å². The number of halogens is 8. The lowest BCUT2D eigenvalue weighted by Gasteiger charge is -2.13. The zero-order chi connectivity index (χ0) is 41.1. The van der Waals surface area contributed by atoms with Crippen molar-refractivity contribution < 1.29 is 0 Å². The standard InChI is InChI=1S/2C24H12Br4N2/c2*25-13-1-5-17-18-6-2-14(26)10-22(18)29(21(17)9-13)30-23-11-15(27)3-7-19(23)20-8-4-16(28)12-24(20)30/h2*1-12H. The molecule has 0 bridgehead atoms. The topological polar surface area (TPSA) is 19.7 Å². The summed E-state index contributed by atoms with van der Waals surface area (Å²) in [6.45, 7) is 0. The molecule has 60 heavy (non-hydrogen) atoms. The van der Waals surface area contributed by atoms with Gasteiger partial charge in [-0.05, 0) is 97.1 Å². The molecule has 0 atom stereocenters. The monoisotopic (exact) mass is 1290 g/mol. The Hall–Kier alpha value is -3.20. The highest BCUT2D eigenvalue weighted by molar-refractivity contribution is 9.11. The highest BCUT2D eigenvalue weighted by atomic mass is 79.9. The van der Waals surface area contributed by atoms with E-state index in [0.717, 1.165) is 79.9 Å². The first-order valence-electron chi connectivity index (χ1n) is 18.6. The van der Waals surface area contributed by atoms with Crippen LogP contribution < -0.4 is 0 Å². The van der Waals surface area contributed by atoms with Crippen molar-refractivity contribution in [3.05, 3.63) is 181 Å². The van der Waals surface area contributed by atoms with Crippen LogP contribution in [0.2, 0.25) is 0 Å². The molecule has 4 aromatic heterocycles. The van der Waals surface area contributed by atoms with E-state index in [2.05, 4.69) is 292 Å². The third kappa shape index (κ3) is 6.45. The van der Waals surface area contributed by atoms with Gasteiger partial charge in [-0.15, -0.1) is 0 Å². The molecule has 12 aromatic rings. The van der Waals surface area contributed by atoms with Gasteiger partial charge >= 0.3 is 0 Å². The fraction of sp³-hybridized carbons (Fsp3) is 0. The number of hydrogen-bond donors (Lipinski definition) is 0. The summed E-state index contributed by atoms with van der Waals surface area (Å²) in [5, 5.41) is 9.78. The molecular weight excluding hydrogens is 1270 g/mol. The maximum absolute atomic E-state index is 3.68. The minimum atomic E-state index is 1.06. The van der Waals surface area contributed by atoms with Gasteiger partial charge in [-0.3, -0.25) is 0 Å².